The minimum absolute atomic E-state index is 0.456. The van der Waals surface area contributed by atoms with E-state index in [1.807, 2.05) is 42.5 Å². The van der Waals surface area contributed by atoms with Crippen molar-refractivity contribution in [3.8, 4) is 0 Å². The van der Waals surface area contributed by atoms with Crippen LogP contribution in [-0.4, -0.2) is 13.8 Å². The van der Waals surface area contributed by atoms with Crippen molar-refractivity contribution in [1.82, 2.24) is 0 Å². The summed E-state index contributed by atoms with van der Waals surface area (Å²) in [5.41, 5.74) is 1.04. The van der Waals surface area contributed by atoms with Crippen LogP contribution in [0.15, 0.2) is 42.5 Å². The van der Waals surface area contributed by atoms with Crippen LogP contribution in [0.25, 0.3) is 10.8 Å². The summed E-state index contributed by atoms with van der Waals surface area (Å²) in [4.78, 5) is 0. The van der Waals surface area contributed by atoms with Crippen LogP contribution in [0, 0.1) is 0 Å². The Morgan fingerprint density at radius 2 is 1.73 bits per heavy atom. The second-order valence-corrected chi connectivity index (χ2v) is 4.12. The molecule has 0 saturated heterocycles. The van der Waals surface area contributed by atoms with Crippen molar-refractivity contribution in [1.29, 1.82) is 0 Å². The minimum Gasteiger partial charge on any atom is -0.185 e. The van der Waals surface area contributed by atoms with Crippen LogP contribution >= 0.6 is 0 Å². The Hall–Kier alpha value is -1.61. The monoisotopic (exact) mass is 218 g/mol. The Morgan fingerprint density at radius 1 is 1.00 bits per heavy atom. The van der Waals surface area contributed by atoms with Crippen molar-refractivity contribution in [2.24, 2.45) is 0 Å². The van der Waals surface area contributed by atoms with Gasteiger partial charge in [0.05, 0.1) is 0 Å². The van der Waals surface area contributed by atoms with Crippen molar-refractivity contribution in [2.75, 3.05) is 0 Å². The fourth-order valence-electron chi connectivity index (χ4n) is 1.63. The molecule has 76 valence electrons. The van der Waals surface area contributed by atoms with Gasteiger partial charge in [0.2, 0.25) is 10.3 Å². The summed E-state index contributed by atoms with van der Waals surface area (Å²) in [6, 6.07) is 13.9. The number of hydrogen-bond acceptors (Lipinski definition) is 2. The van der Waals surface area contributed by atoms with Gasteiger partial charge in [-0.05, 0) is 16.3 Å². The highest BCUT2D eigenvalue weighted by atomic mass is 32.2. The smallest absolute Gasteiger partial charge is 0.185 e. The molecule has 0 N–H and O–H groups in total. The van der Waals surface area contributed by atoms with Gasteiger partial charge in [-0.1, -0.05) is 42.5 Å². The van der Waals surface area contributed by atoms with Gasteiger partial charge in [-0.2, -0.15) is 8.42 Å². The minimum atomic E-state index is -2.08. The lowest BCUT2D eigenvalue weighted by molar-refractivity contribution is 0.627. The van der Waals surface area contributed by atoms with Crippen LogP contribution < -0.4 is 0 Å². The second-order valence-electron chi connectivity index (χ2n) is 3.27. The van der Waals surface area contributed by atoms with Crippen molar-refractivity contribution in [3.63, 3.8) is 0 Å². The number of fused-ring (bicyclic) bond motifs is 1. The highest BCUT2D eigenvalue weighted by Crippen LogP contribution is 2.18. The third-order valence-corrected chi connectivity index (χ3v) is 2.76. The third kappa shape index (κ3) is 2.25. The second kappa shape index (κ2) is 4.28. The Bertz CT molecular complexity index is 599. The average Bonchev–Trinajstić information content (AvgIpc) is 2.26. The van der Waals surface area contributed by atoms with E-state index in [1.54, 1.807) is 0 Å². The molecule has 0 atom stereocenters. The van der Waals surface area contributed by atoms with E-state index in [0.717, 1.165) is 16.3 Å². The molecule has 0 aromatic heterocycles. The van der Waals surface area contributed by atoms with E-state index in [0.29, 0.717) is 6.42 Å². The molecule has 2 rings (SSSR count). The first-order chi connectivity index (χ1) is 7.27. The Labute approximate surface area is 89.7 Å². The molecule has 0 fully saturated rings. The first-order valence-corrected chi connectivity index (χ1v) is 5.79. The van der Waals surface area contributed by atoms with Crippen LogP contribution in [0.4, 0.5) is 0 Å². The molecule has 0 bridgehead atoms. The SMILES string of the molecule is O=S(=O)=CCc1cccc2ccccc12. The molecule has 15 heavy (non-hydrogen) atoms. The number of hydrogen-bond donors (Lipinski definition) is 0. The molecule has 0 aliphatic rings. The highest BCUT2D eigenvalue weighted by Gasteiger charge is 1.97. The summed E-state index contributed by atoms with van der Waals surface area (Å²) in [5.74, 6) is 0. The first-order valence-electron chi connectivity index (χ1n) is 4.65. The van der Waals surface area contributed by atoms with Crippen molar-refractivity contribution in [2.45, 2.75) is 6.42 Å². The lowest BCUT2D eigenvalue weighted by Gasteiger charge is -2.02. The standard InChI is InChI=1S/C12H10O2S/c13-15(14)9-8-11-6-3-5-10-4-1-2-7-12(10)11/h1-7,9H,8H2. The van der Waals surface area contributed by atoms with Gasteiger partial charge in [0.1, 0.15) is 0 Å². The summed E-state index contributed by atoms with van der Waals surface area (Å²) in [5, 5.41) is 3.53. The van der Waals surface area contributed by atoms with Crippen LogP contribution in [0.3, 0.4) is 0 Å². The van der Waals surface area contributed by atoms with E-state index in [2.05, 4.69) is 0 Å². The maximum Gasteiger partial charge on any atom is 0.210 e. The maximum absolute atomic E-state index is 10.5. The zero-order valence-corrected chi connectivity index (χ0v) is 8.87. The van der Waals surface area contributed by atoms with E-state index in [1.165, 1.54) is 5.37 Å². The molecule has 0 spiro atoms. The topological polar surface area (TPSA) is 34.1 Å². The molecular formula is C12H10O2S. The molecule has 2 nitrogen and oxygen atoms in total. The van der Waals surface area contributed by atoms with Crippen LogP contribution in [-0.2, 0) is 16.7 Å². The van der Waals surface area contributed by atoms with E-state index < -0.39 is 10.3 Å². The largest absolute Gasteiger partial charge is 0.210 e. The summed E-state index contributed by atoms with van der Waals surface area (Å²) < 4.78 is 20.9. The summed E-state index contributed by atoms with van der Waals surface area (Å²) in [6.45, 7) is 0. The van der Waals surface area contributed by atoms with Crippen LogP contribution in [0.5, 0.6) is 0 Å². The maximum atomic E-state index is 10.5. The van der Waals surface area contributed by atoms with Gasteiger partial charge in [0, 0.05) is 11.8 Å². The van der Waals surface area contributed by atoms with Gasteiger partial charge in [0.25, 0.3) is 0 Å². The van der Waals surface area contributed by atoms with Crippen molar-refractivity contribution < 1.29 is 8.42 Å². The van der Waals surface area contributed by atoms with E-state index in [-0.39, 0.29) is 0 Å². The fraction of sp³-hybridized carbons (Fsp3) is 0.0833. The quantitative estimate of drug-likeness (QED) is 0.723. The highest BCUT2D eigenvalue weighted by molar-refractivity contribution is 7.71. The molecule has 0 unspecified atom stereocenters. The lowest BCUT2D eigenvalue weighted by Crippen LogP contribution is -1.88. The average molecular weight is 218 g/mol. The zero-order valence-electron chi connectivity index (χ0n) is 8.05. The molecule has 3 heteroatoms. The lowest BCUT2D eigenvalue weighted by atomic mass is 10.0. The molecule has 0 aliphatic heterocycles. The molecule has 0 aliphatic carbocycles. The summed E-state index contributed by atoms with van der Waals surface area (Å²) >= 11 is 0. The molecule has 0 saturated carbocycles. The predicted octanol–water partition coefficient (Wildman–Crippen LogP) is 2.06. The van der Waals surface area contributed by atoms with E-state index >= 15 is 0 Å². The molecule has 0 amide bonds. The normalized spacial score (nSPS) is 10.1. The summed E-state index contributed by atoms with van der Waals surface area (Å²) in [6.07, 6.45) is 0.456. The fourth-order valence-corrected chi connectivity index (χ4v) is 1.94. The molecule has 0 radical (unpaired) electrons. The number of rotatable bonds is 2. The van der Waals surface area contributed by atoms with Crippen LogP contribution in [0.1, 0.15) is 5.56 Å². The van der Waals surface area contributed by atoms with Gasteiger partial charge in [-0.25, -0.2) is 0 Å². The predicted molar refractivity (Wildman–Crippen MR) is 62.6 cm³/mol. The molecule has 2 aromatic rings. The first kappa shape index (κ1) is 9.93. The summed E-state index contributed by atoms with van der Waals surface area (Å²) in [7, 11) is -2.08. The van der Waals surface area contributed by atoms with Gasteiger partial charge >= 0.3 is 0 Å². The van der Waals surface area contributed by atoms with Gasteiger partial charge in [-0.15, -0.1) is 0 Å². The molecule has 2 aromatic carbocycles. The van der Waals surface area contributed by atoms with Gasteiger partial charge in [0.15, 0.2) is 0 Å². The molecular weight excluding hydrogens is 208 g/mol. The Kier molecular flexibility index (Phi) is 2.83. The Balaban J connectivity index is 2.56. The van der Waals surface area contributed by atoms with Crippen molar-refractivity contribution >= 4 is 26.4 Å². The van der Waals surface area contributed by atoms with Crippen LogP contribution in [0.2, 0.25) is 0 Å². The van der Waals surface area contributed by atoms with Gasteiger partial charge in [-0.3, -0.25) is 0 Å². The molecule has 0 heterocycles. The van der Waals surface area contributed by atoms with Gasteiger partial charge < -0.3 is 0 Å². The van der Waals surface area contributed by atoms with E-state index in [9.17, 15) is 8.42 Å². The third-order valence-electron chi connectivity index (χ3n) is 2.32. The number of benzene rings is 2. The van der Waals surface area contributed by atoms with E-state index in [4.69, 9.17) is 0 Å². The zero-order chi connectivity index (χ0) is 10.7. The Morgan fingerprint density at radius 3 is 2.53 bits per heavy atom. The van der Waals surface area contributed by atoms with Crippen molar-refractivity contribution in [3.05, 3.63) is 48.0 Å².